The van der Waals surface area contributed by atoms with Gasteiger partial charge in [0, 0.05) is 0 Å². The van der Waals surface area contributed by atoms with E-state index in [-0.39, 0.29) is 5.75 Å². The minimum Gasteiger partial charge on any atom is -0.490 e. The summed E-state index contributed by atoms with van der Waals surface area (Å²) in [7, 11) is 0. The van der Waals surface area contributed by atoms with Crippen molar-refractivity contribution in [3.8, 4) is 5.75 Å². The van der Waals surface area contributed by atoms with Crippen LogP contribution in [0, 0.1) is 5.82 Å². The van der Waals surface area contributed by atoms with E-state index < -0.39 is 11.9 Å². The van der Waals surface area contributed by atoms with Crippen molar-refractivity contribution in [1.29, 1.82) is 0 Å². The Morgan fingerprint density at radius 3 is 2.81 bits per heavy atom. The second-order valence-corrected chi connectivity index (χ2v) is 4.55. The highest BCUT2D eigenvalue weighted by Gasteiger charge is 2.07. The third kappa shape index (κ3) is 4.02. The van der Waals surface area contributed by atoms with Gasteiger partial charge in [0.2, 0.25) is 0 Å². The summed E-state index contributed by atoms with van der Waals surface area (Å²) in [6.45, 7) is 2.12. The first kappa shape index (κ1) is 13.3. The fraction of sp³-hybridized carbons (Fsp3) is 0.500. The first-order chi connectivity index (χ1) is 7.65. The summed E-state index contributed by atoms with van der Waals surface area (Å²) in [5.41, 5.74) is 0.564. The molecule has 0 aromatic heterocycles. The van der Waals surface area contributed by atoms with Crippen molar-refractivity contribution in [1.82, 2.24) is 0 Å². The van der Waals surface area contributed by atoms with E-state index in [9.17, 15) is 9.50 Å². The van der Waals surface area contributed by atoms with Crippen LogP contribution in [-0.4, -0.2) is 23.7 Å². The van der Waals surface area contributed by atoms with Crippen LogP contribution in [0.1, 0.15) is 25.0 Å². The van der Waals surface area contributed by atoms with Crippen LogP contribution in [0.3, 0.4) is 0 Å². The number of rotatable bonds is 6. The molecule has 0 aliphatic carbocycles. The Bertz CT molecular complexity index is 329. The number of hydrogen-bond donors (Lipinski definition) is 1. The minimum absolute atomic E-state index is 0.255. The maximum absolute atomic E-state index is 13.5. The fourth-order valence-corrected chi connectivity index (χ4v) is 1.69. The molecule has 0 heterocycles. The Balaban J connectivity index is 2.54. The maximum Gasteiger partial charge on any atom is 0.165 e. The molecule has 0 amide bonds. The van der Waals surface area contributed by atoms with Gasteiger partial charge in [-0.25, -0.2) is 4.39 Å². The van der Waals surface area contributed by atoms with Gasteiger partial charge in [-0.05, 0) is 43.0 Å². The normalized spacial score (nSPS) is 12.5. The lowest BCUT2D eigenvalue weighted by Crippen LogP contribution is -2.01. The molecule has 16 heavy (non-hydrogen) atoms. The van der Waals surface area contributed by atoms with Crippen molar-refractivity contribution in [2.45, 2.75) is 19.4 Å². The van der Waals surface area contributed by atoms with Gasteiger partial charge in [-0.3, -0.25) is 0 Å². The van der Waals surface area contributed by atoms with E-state index in [1.165, 1.54) is 6.07 Å². The zero-order chi connectivity index (χ0) is 12.0. The number of halogens is 1. The van der Waals surface area contributed by atoms with Gasteiger partial charge in [-0.1, -0.05) is 6.07 Å². The standard InChI is InChI=1S/C12H17FO2S/c1-9(14)10-4-5-12(11(13)8-10)15-6-3-7-16-2/h4-5,8-9,14H,3,6-7H2,1-2H3/t9-/m0/s1. The smallest absolute Gasteiger partial charge is 0.165 e. The summed E-state index contributed by atoms with van der Waals surface area (Å²) in [5, 5.41) is 9.27. The Hall–Kier alpha value is -0.740. The Labute approximate surface area is 99.8 Å². The zero-order valence-corrected chi connectivity index (χ0v) is 10.4. The molecule has 0 spiro atoms. The van der Waals surface area contributed by atoms with Gasteiger partial charge < -0.3 is 9.84 Å². The van der Waals surface area contributed by atoms with Crippen LogP contribution < -0.4 is 4.74 Å². The summed E-state index contributed by atoms with van der Waals surface area (Å²) in [4.78, 5) is 0. The molecule has 4 heteroatoms. The molecule has 2 nitrogen and oxygen atoms in total. The van der Waals surface area contributed by atoms with E-state index in [0.29, 0.717) is 12.2 Å². The molecule has 1 N–H and O–H groups in total. The first-order valence-corrected chi connectivity index (χ1v) is 6.63. The van der Waals surface area contributed by atoms with Crippen molar-refractivity contribution in [3.05, 3.63) is 29.6 Å². The van der Waals surface area contributed by atoms with Gasteiger partial charge in [0.05, 0.1) is 12.7 Å². The third-order valence-corrected chi connectivity index (χ3v) is 2.89. The molecular weight excluding hydrogens is 227 g/mol. The first-order valence-electron chi connectivity index (χ1n) is 5.24. The van der Waals surface area contributed by atoms with Crippen LogP contribution in [0.5, 0.6) is 5.75 Å². The van der Waals surface area contributed by atoms with Gasteiger partial charge in [0.25, 0.3) is 0 Å². The third-order valence-electron chi connectivity index (χ3n) is 2.19. The minimum atomic E-state index is -0.653. The topological polar surface area (TPSA) is 29.5 Å². The summed E-state index contributed by atoms with van der Waals surface area (Å²) in [6, 6.07) is 4.56. The number of hydrogen-bond acceptors (Lipinski definition) is 3. The van der Waals surface area contributed by atoms with Gasteiger partial charge in [0.1, 0.15) is 0 Å². The van der Waals surface area contributed by atoms with Gasteiger partial charge in [-0.2, -0.15) is 11.8 Å². The molecule has 1 aromatic carbocycles. The number of ether oxygens (including phenoxy) is 1. The van der Waals surface area contributed by atoms with Crippen molar-refractivity contribution < 1.29 is 14.2 Å². The molecule has 1 aromatic rings. The van der Waals surface area contributed by atoms with Crippen LogP contribution in [0.2, 0.25) is 0 Å². The van der Waals surface area contributed by atoms with Gasteiger partial charge in [-0.15, -0.1) is 0 Å². The number of thioether (sulfide) groups is 1. The summed E-state index contributed by atoms with van der Waals surface area (Å²) < 4.78 is 18.8. The second-order valence-electron chi connectivity index (χ2n) is 3.56. The average molecular weight is 244 g/mol. The maximum atomic E-state index is 13.5. The molecule has 0 aliphatic heterocycles. The molecule has 0 bridgehead atoms. The van der Waals surface area contributed by atoms with E-state index in [1.54, 1.807) is 30.8 Å². The van der Waals surface area contributed by atoms with E-state index in [2.05, 4.69) is 0 Å². The van der Waals surface area contributed by atoms with Crippen molar-refractivity contribution in [3.63, 3.8) is 0 Å². The number of aliphatic hydroxyl groups excluding tert-OH is 1. The van der Waals surface area contributed by atoms with Gasteiger partial charge >= 0.3 is 0 Å². The fourth-order valence-electron chi connectivity index (χ4n) is 1.28. The largest absolute Gasteiger partial charge is 0.490 e. The monoisotopic (exact) mass is 244 g/mol. The van der Waals surface area contributed by atoms with Crippen molar-refractivity contribution >= 4 is 11.8 Å². The van der Waals surface area contributed by atoms with E-state index in [1.807, 2.05) is 6.26 Å². The highest BCUT2D eigenvalue weighted by Crippen LogP contribution is 2.22. The van der Waals surface area contributed by atoms with E-state index in [0.717, 1.165) is 12.2 Å². The molecule has 1 rings (SSSR count). The lowest BCUT2D eigenvalue weighted by molar-refractivity contribution is 0.198. The highest BCUT2D eigenvalue weighted by atomic mass is 32.2. The molecule has 90 valence electrons. The Kier molecular flexibility index (Phi) is 5.63. The molecule has 0 fully saturated rings. The molecule has 0 radical (unpaired) electrons. The number of benzene rings is 1. The summed E-state index contributed by atoms with van der Waals surface area (Å²) in [6.07, 6.45) is 2.27. The molecule has 1 atom stereocenters. The Morgan fingerprint density at radius 1 is 1.50 bits per heavy atom. The van der Waals surface area contributed by atoms with Crippen LogP contribution >= 0.6 is 11.8 Å². The summed E-state index contributed by atoms with van der Waals surface area (Å²) in [5.74, 6) is 0.848. The Morgan fingerprint density at radius 2 is 2.25 bits per heavy atom. The lowest BCUT2D eigenvalue weighted by Gasteiger charge is -2.09. The van der Waals surface area contributed by atoms with Crippen LogP contribution in [0.4, 0.5) is 4.39 Å². The molecular formula is C12H17FO2S. The van der Waals surface area contributed by atoms with Crippen LogP contribution in [0.15, 0.2) is 18.2 Å². The zero-order valence-electron chi connectivity index (χ0n) is 9.57. The SMILES string of the molecule is CSCCCOc1ccc([C@H](C)O)cc1F. The lowest BCUT2D eigenvalue weighted by atomic mass is 10.1. The van der Waals surface area contributed by atoms with E-state index in [4.69, 9.17) is 4.74 Å². The quantitative estimate of drug-likeness (QED) is 0.780. The average Bonchev–Trinajstić information content (AvgIpc) is 2.26. The molecule has 0 saturated carbocycles. The van der Waals surface area contributed by atoms with Crippen molar-refractivity contribution in [2.75, 3.05) is 18.6 Å². The van der Waals surface area contributed by atoms with Crippen LogP contribution in [-0.2, 0) is 0 Å². The molecule has 0 unspecified atom stereocenters. The van der Waals surface area contributed by atoms with E-state index >= 15 is 0 Å². The van der Waals surface area contributed by atoms with Gasteiger partial charge in [0.15, 0.2) is 11.6 Å². The molecule has 0 aliphatic rings. The highest BCUT2D eigenvalue weighted by molar-refractivity contribution is 7.98. The van der Waals surface area contributed by atoms with Crippen molar-refractivity contribution in [2.24, 2.45) is 0 Å². The predicted molar refractivity (Wildman–Crippen MR) is 65.5 cm³/mol. The predicted octanol–water partition coefficient (Wildman–Crippen LogP) is 3.01. The second kappa shape index (κ2) is 6.76. The van der Waals surface area contributed by atoms with Crippen LogP contribution in [0.25, 0.3) is 0 Å². The number of aliphatic hydroxyl groups is 1. The summed E-state index contributed by atoms with van der Waals surface area (Å²) >= 11 is 1.74. The molecule has 0 saturated heterocycles.